The first kappa shape index (κ1) is 31.2. The average molecular weight is 638 g/mol. The lowest BCUT2D eigenvalue weighted by Crippen LogP contribution is -2.65. The predicted molar refractivity (Wildman–Crippen MR) is 167 cm³/mol. The summed E-state index contributed by atoms with van der Waals surface area (Å²) in [6.07, 6.45) is -0.121. The summed E-state index contributed by atoms with van der Waals surface area (Å²) in [4.78, 5) is 25.6. The number of nitrogens with zero attached hydrogens (tertiary/aromatic N) is 2. The van der Waals surface area contributed by atoms with E-state index in [0.29, 0.717) is 38.9 Å². The highest BCUT2D eigenvalue weighted by molar-refractivity contribution is 7.88. The summed E-state index contributed by atoms with van der Waals surface area (Å²) >= 11 is 6.24. The van der Waals surface area contributed by atoms with E-state index < -0.39 is 33.6 Å². The Morgan fingerprint density at radius 3 is 2.20 bits per heavy atom. The van der Waals surface area contributed by atoms with Crippen molar-refractivity contribution >= 4 is 39.4 Å². The third kappa shape index (κ3) is 6.21. The number of carbonyl (C=O) groups excluding carboxylic acids is 2. The molecule has 0 radical (unpaired) electrons. The Bertz CT molecular complexity index is 1780. The van der Waals surface area contributed by atoms with Crippen molar-refractivity contribution in [1.29, 1.82) is 0 Å². The molecule has 1 aliphatic rings. The Kier molecular flexibility index (Phi) is 8.83. The zero-order valence-corrected chi connectivity index (χ0v) is 26.2. The second-order valence-corrected chi connectivity index (χ2v) is 13.0. The van der Waals surface area contributed by atoms with Crippen LogP contribution in [0, 0.1) is 6.92 Å². The molecule has 0 unspecified atom stereocenters. The number of aromatic nitrogens is 1. The second-order valence-electron chi connectivity index (χ2n) is 10.7. The normalized spacial score (nSPS) is 15.2. The zero-order chi connectivity index (χ0) is 31.6. The monoisotopic (exact) mass is 637 g/mol. The molecule has 1 aliphatic heterocycles. The number of hydrogen-bond donors (Lipinski definition) is 1. The van der Waals surface area contributed by atoms with E-state index >= 15 is 0 Å². The van der Waals surface area contributed by atoms with E-state index in [4.69, 9.17) is 25.6 Å². The van der Waals surface area contributed by atoms with Gasteiger partial charge >= 0.3 is 12.1 Å². The van der Waals surface area contributed by atoms with Crippen LogP contribution in [-0.4, -0.2) is 55.9 Å². The van der Waals surface area contributed by atoms with E-state index in [1.54, 1.807) is 39.0 Å². The number of carbonyl (C=O) groups is 2. The second kappa shape index (κ2) is 12.4. The van der Waals surface area contributed by atoms with Gasteiger partial charge in [-0.05, 0) is 43.5 Å². The van der Waals surface area contributed by atoms with Gasteiger partial charge in [0.15, 0.2) is 5.76 Å². The number of aryl methyl sites for hydroxylation is 1. The van der Waals surface area contributed by atoms with E-state index in [1.165, 1.54) is 4.31 Å². The van der Waals surface area contributed by atoms with Crippen LogP contribution in [0.25, 0.3) is 22.5 Å². The molecule has 0 saturated carbocycles. The molecular formula is C32H32ClN3O7S. The summed E-state index contributed by atoms with van der Waals surface area (Å²) in [5.41, 5.74) is 3.71. The standard InChI is InChI=1S/C32H32ClN3O7S/c1-5-41-30(37)32(18-36(19-32)44(4,39)40)25-16-14-23(15-17-25)22-10-12-24(13-11-22)29-28(20(2)35-43-29)34-31(38)42-21(3)26-8-6-7-9-27(26)33/h6-17,21H,5,18-19H2,1-4H3,(H,34,38)/t21-/m1/s1. The number of hydrogen-bond acceptors (Lipinski definition) is 8. The summed E-state index contributed by atoms with van der Waals surface area (Å²) in [5.74, 6) is -0.0606. The van der Waals surface area contributed by atoms with Crippen molar-refractivity contribution in [3.63, 3.8) is 0 Å². The van der Waals surface area contributed by atoms with Gasteiger partial charge in [-0.2, -0.15) is 4.31 Å². The van der Waals surface area contributed by atoms with Gasteiger partial charge in [-0.1, -0.05) is 83.5 Å². The third-order valence-electron chi connectivity index (χ3n) is 7.66. The van der Waals surface area contributed by atoms with Crippen LogP contribution in [0.1, 0.15) is 36.8 Å². The number of ether oxygens (including phenoxy) is 2. The van der Waals surface area contributed by atoms with E-state index in [2.05, 4.69) is 10.5 Å². The van der Waals surface area contributed by atoms with E-state index in [9.17, 15) is 18.0 Å². The lowest BCUT2D eigenvalue weighted by molar-refractivity contribution is -0.155. The summed E-state index contributed by atoms with van der Waals surface area (Å²) in [7, 11) is -3.42. The SMILES string of the molecule is CCOC(=O)C1(c2ccc(-c3ccc(-c4onc(C)c4NC(=O)O[C@H](C)c4ccccc4Cl)cc3)cc2)CN(S(C)(=O)=O)C1. The van der Waals surface area contributed by atoms with Gasteiger partial charge in [-0.25, -0.2) is 13.2 Å². The van der Waals surface area contributed by atoms with Crippen molar-refractivity contribution in [3.05, 3.63) is 94.6 Å². The van der Waals surface area contributed by atoms with E-state index in [-0.39, 0.29) is 19.7 Å². The number of amides is 1. The summed E-state index contributed by atoms with van der Waals surface area (Å²) in [5, 5.41) is 7.28. The molecule has 1 amide bonds. The first-order chi connectivity index (χ1) is 20.9. The minimum atomic E-state index is -3.42. The Balaban J connectivity index is 1.31. The quantitative estimate of drug-likeness (QED) is 0.210. The molecule has 44 heavy (non-hydrogen) atoms. The summed E-state index contributed by atoms with van der Waals surface area (Å²) < 4.78 is 41.7. The summed E-state index contributed by atoms with van der Waals surface area (Å²) in [6, 6.07) is 22.1. The summed E-state index contributed by atoms with van der Waals surface area (Å²) in [6.45, 7) is 5.46. The van der Waals surface area contributed by atoms with Gasteiger partial charge in [0, 0.05) is 29.2 Å². The molecule has 230 valence electrons. The molecule has 2 heterocycles. The van der Waals surface area contributed by atoms with Gasteiger partial charge in [-0.3, -0.25) is 10.1 Å². The van der Waals surface area contributed by atoms with Crippen molar-refractivity contribution in [3.8, 4) is 22.5 Å². The van der Waals surface area contributed by atoms with Crippen molar-refractivity contribution in [1.82, 2.24) is 9.46 Å². The first-order valence-electron chi connectivity index (χ1n) is 13.9. The Morgan fingerprint density at radius 2 is 1.61 bits per heavy atom. The molecule has 1 fully saturated rings. The van der Waals surface area contributed by atoms with E-state index in [1.807, 2.05) is 54.6 Å². The molecule has 1 aromatic heterocycles. The highest BCUT2D eigenvalue weighted by Gasteiger charge is 2.54. The molecule has 12 heteroatoms. The highest BCUT2D eigenvalue weighted by atomic mass is 35.5. The molecule has 1 atom stereocenters. The lowest BCUT2D eigenvalue weighted by atomic mass is 9.75. The molecule has 0 spiro atoms. The fraction of sp³-hybridized carbons (Fsp3) is 0.281. The van der Waals surface area contributed by atoms with Crippen LogP contribution in [0.5, 0.6) is 0 Å². The largest absolute Gasteiger partial charge is 0.465 e. The molecule has 10 nitrogen and oxygen atoms in total. The maximum atomic E-state index is 12.9. The number of benzene rings is 3. The number of halogens is 1. The maximum absolute atomic E-state index is 12.9. The fourth-order valence-corrected chi connectivity index (χ4v) is 6.36. The highest BCUT2D eigenvalue weighted by Crippen LogP contribution is 2.39. The average Bonchev–Trinajstić information content (AvgIpc) is 3.32. The lowest BCUT2D eigenvalue weighted by Gasteiger charge is -2.46. The molecular weight excluding hydrogens is 606 g/mol. The number of nitrogens with one attached hydrogen (secondary N) is 1. The molecule has 0 bridgehead atoms. The third-order valence-corrected chi connectivity index (χ3v) is 9.20. The van der Waals surface area contributed by atoms with Crippen molar-refractivity contribution in [2.75, 3.05) is 31.3 Å². The van der Waals surface area contributed by atoms with Crippen LogP contribution in [0.3, 0.4) is 0 Å². The van der Waals surface area contributed by atoms with E-state index in [0.717, 1.165) is 17.4 Å². The van der Waals surface area contributed by atoms with Gasteiger partial charge in [0.2, 0.25) is 10.0 Å². The minimum Gasteiger partial charge on any atom is -0.465 e. The van der Waals surface area contributed by atoms with Crippen LogP contribution in [0.2, 0.25) is 5.02 Å². The van der Waals surface area contributed by atoms with Crippen LogP contribution in [0.15, 0.2) is 77.3 Å². The predicted octanol–water partition coefficient (Wildman–Crippen LogP) is 6.36. The molecule has 3 aromatic carbocycles. The van der Waals surface area contributed by atoms with Crippen LogP contribution in [0.4, 0.5) is 10.5 Å². The van der Waals surface area contributed by atoms with Crippen LogP contribution < -0.4 is 5.32 Å². The van der Waals surface area contributed by atoms with Crippen molar-refractivity contribution < 1.29 is 32.0 Å². The number of anilines is 1. The van der Waals surface area contributed by atoms with Crippen molar-refractivity contribution in [2.45, 2.75) is 32.3 Å². The number of sulfonamides is 1. The van der Waals surface area contributed by atoms with Gasteiger partial charge in [0.25, 0.3) is 0 Å². The topological polar surface area (TPSA) is 128 Å². The first-order valence-corrected chi connectivity index (χ1v) is 16.2. The number of esters is 1. The number of rotatable bonds is 9. The van der Waals surface area contributed by atoms with Crippen LogP contribution in [-0.2, 0) is 29.7 Å². The maximum Gasteiger partial charge on any atom is 0.412 e. The molecule has 0 aliphatic carbocycles. The zero-order valence-electron chi connectivity index (χ0n) is 24.7. The van der Waals surface area contributed by atoms with Crippen molar-refractivity contribution in [2.24, 2.45) is 0 Å². The molecule has 1 N–H and O–H groups in total. The Hall–Kier alpha value is -4.19. The molecule has 1 saturated heterocycles. The molecule has 4 aromatic rings. The van der Waals surface area contributed by atoms with Gasteiger partial charge in [-0.15, -0.1) is 0 Å². The fourth-order valence-electron chi connectivity index (χ4n) is 5.16. The van der Waals surface area contributed by atoms with Crippen LogP contribution >= 0.6 is 11.6 Å². The molecule has 5 rings (SSSR count). The van der Waals surface area contributed by atoms with Gasteiger partial charge in [0.1, 0.15) is 22.9 Å². The van der Waals surface area contributed by atoms with Gasteiger partial charge < -0.3 is 14.0 Å². The Labute approximate surface area is 261 Å². The smallest absolute Gasteiger partial charge is 0.412 e. The Morgan fingerprint density at radius 1 is 1.02 bits per heavy atom. The van der Waals surface area contributed by atoms with Gasteiger partial charge in [0.05, 0.1) is 12.9 Å². The minimum absolute atomic E-state index is 0.0398.